The summed E-state index contributed by atoms with van der Waals surface area (Å²) in [6.45, 7) is 33.2. The van der Waals surface area contributed by atoms with Crippen LogP contribution in [0.2, 0.25) is 0 Å². The Kier molecular flexibility index (Phi) is 58.4. The van der Waals surface area contributed by atoms with Gasteiger partial charge < -0.3 is 4.79 Å². The van der Waals surface area contributed by atoms with Crippen molar-refractivity contribution in [2.45, 2.75) is 187 Å². The first kappa shape index (κ1) is 54.1. The molecule has 0 bridgehead atoms. The molecule has 0 unspecified atom stereocenters. The molecule has 0 aromatic carbocycles. The minimum Gasteiger partial charge on any atom is -0.300 e. The molecule has 0 aliphatic rings. The number of unbranched alkanes of at least 4 members (excludes halogenated alkanes) is 6. The largest absolute Gasteiger partial charge is 0.300 e. The highest BCUT2D eigenvalue weighted by atomic mass is 16.1. The van der Waals surface area contributed by atoms with Crippen molar-refractivity contribution < 1.29 is 14.4 Å². The summed E-state index contributed by atoms with van der Waals surface area (Å²) in [7, 11) is 0. The van der Waals surface area contributed by atoms with Crippen LogP contribution < -0.4 is 0 Å². The Morgan fingerprint density at radius 1 is 0.773 bits per heavy atom. The fourth-order valence-corrected chi connectivity index (χ4v) is 3.17. The minimum atomic E-state index is 0.153. The van der Waals surface area contributed by atoms with E-state index in [1.807, 2.05) is 68.5 Å². The van der Waals surface area contributed by atoms with Gasteiger partial charge in [0.25, 0.3) is 0 Å². The van der Waals surface area contributed by atoms with E-state index in [1.54, 1.807) is 13.8 Å². The lowest BCUT2D eigenvalue weighted by atomic mass is 10.1. The third-order valence-corrected chi connectivity index (χ3v) is 5.62. The summed E-state index contributed by atoms with van der Waals surface area (Å²) in [5, 5.41) is 0. The van der Waals surface area contributed by atoms with Gasteiger partial charge >= 0.3 is 0 Å². The molecule has 0 saturated heterocycles. The van der Waals surface area contributed by atoms with Crippen LogP contribution in [0.3, 0.4) is 0 Å². The highest BCUT2D eigenvalue weighted by Gasteiger charge is 1.97. The van der Waals surface area contributed by atoms with Gasteiger partial charge in [-0.05, 0) is 77.4 Å². The van der Waals surface area contributed by atoms with Crippen LogP contribution in [0.15, 0.2) is 30.0 Å². The van der Waals surface area contributed by atoms with Gasteiger partial charge in [0.2, 0.25) is 0 Å². The van der Waals surface area contributed by atoms with E-state index < -0.39 is 0 Å². The summed E-state index contributed by atoms with van der Waals surface area (Å²) < 4.78 is 0. The Hall–Kier alpha value is -2.43. The van der Waals surface area contributed by atoms with Crippen molar-refractivity contribution in [2.24, 2.45) is 0 Å². The van der Waals surface area contributed by atoms with E-state index in [-0.39, 0.29) is 5.78 Å². The van der Waals surface area contributed by atoms with Gasteiger partial charge in [-0.1, -0.05) is 121 Å². The van der Waals surface area contributed by atoms with E-state index in [9.17, 15) is 14.4 Å². The van der Waals surface area contributed by atoms with E-state index in [4.69, 9.17) is 0 Å². The average Bonchev–Trinajstić information content (AvgIpc) is 3.04. The highest BCUT2D eigenvalue weighted by molar-refractivity contribution is 5.93. The molecule has 1 aromatic rings. The molecule has 0 spiro atoms. The smallest absolute Gasteiger partial charge is 0.157 e. The number of Topliss-reactive ketones (excluding diaryl/α,β-unsaturated/α-hetero) is 2. The van der Waals surface area contributed by atoms with Gasteiger partial charge in [-0.2, -0.15) is 0 Å². The number of rotatable bonds is 15. The monoisotopic (exact) mass is 621 g/mol. The second kappa shape index (κ2) is 47.5. The van der Waals surface area contributed by atoms with Gasteiger partial charge in [0.15, 0.2) is 5.78 Å². The number of hydrogen-bond acceptors (Lipinski definition) is 5. The number of carbonyl (C=O) groups is 3. The maximum absolute atomic E-state index is 10.6. The molecule has 0 aliphatic carbocycles. The average molecular weight is 621 g/mol. The Labute approximate surface area is 276 Å². The molecule has 5 heteroatoms. The molecule has 260 valence electrons. The Morgan fingerprint density at radius 2 is 1.27 bits per heavy atom. The van der Waals surface area contributed by atoms with Gasteiger partial charge in [-0.25, -0.2) is 0 Å². The lowest BCUT2D eigenvalue weighted by Crippen LogP contribution is -1.96. The fourth-order valence-electron chi connectivity index (χ4n) is 3.17. The zero-order valence-electron chi connectivity index (χ0n) is 32.3. The van der Waals surface area contributed by atoms with E-state index in [1.165, 1.54) is 38.5 Å². The zero-order chi connectivity index (χ0) is 35.8. The van der Waals surface area contributed by atoms with Gasteiger partial charge in [0.1, 0.15) is 12.1 Å². The summed E-state index contributed by atoms with van der Waals surface area (Å²) >= 11 is 0. The van der Waals surface area contributed by atoms with Crippen molar-refractivity contribution in [2.75, 3.05) is 0 Å². The molecule has 0 fully saturated rings. The summed E-state index contributed by atoms with van der Waals surface area (Å²) in [6, 6.07) is 0. The lowest BCUT2D eigenvalue weighted by molar-refractivity contribution is -0.117. The quantitative estimate of drug-likeness (QED) is 0.111. The number of ketones is 2. The third kappa shape index (κ3) is 46.5. The van der Waals surface area contributed by atoms with Crippen LogP contribution in [0.25, 0.3) is 0 Å². The number of hydrogen-bond donors (Lipinski definition) is 0. The van der Waals surface area contributed by atoms with Gasteiger partial charge in [0.05, 0.1) is 17.1 Å². The molecule has 1 rings (SSSR count). The first-order chi connectivity index (χ1) is 21.0. The van der Waals surface area contributed by atoms with Crippen LogP contribution >= 0.6 is 0 Å². The second-order valence-electron chi connectivity index (χ2n) is 9.61. The van der Waals surface area contributed by atoms with Gasteiger partial charge in [-0.15, -0.1) is 0 Å². The highest BCUT2D eigenvalue weighted by Crippen LogP contribution is 2.08. The van der Waals surface area contributed by atoms with E-state index >= 15 is 0 Å². The number of allylic oxidation sites excluding steroid dienone is 3. The molecule has 1 heterocycles. The predicted octanol–water partition coefficient (Wildman–Crippen LogP) is 12.3. The molecular formula is C39H76N2O3. The molecule has 1 aromatic heterocycles. The fraction of sp³-hybridized carbons (Fsp3) is 0.718. The molecule has 0 radical (unpaired) electrons. The van der Waals surface area contributed by atoms with Crippen molar-refractivity contribution in [3.63, 3.8) is 0 Å². The van der Waals surface area contributed by atoms with Crippen LogP contribution in [-0.4, -0.2) is 27.8 Å². The van der Waals surface area contributed by atoms with Crippen LogP contribution in [0.4, 0.5) is 0 Å². The van der Waals surface area contributed by atoms with Crippen molar-refractivity contribution in [3.8, 4) is 0 Å². The first-order valence-electron chi connectivity index (χ1n) is 17.7. The number of carbonyl (C=O) groups excluding carboxylic acids is 3. The molecule has 44 heavy (non-hydrogen) atoms. The van der Waals surface area contributed by atoms with Crippen molar-refractivity contribution in [1.82, 2.24) is 9.97 Å². The van der Waals surface area contributed by atoms with Gasteiger partial charge in [-0.3, -0.25) is 19.6 Å². The number of aryl methyl sites for hydroxylation is 3. The SMILES string of the molecule is C=C(C)C(=O)CC.CC.CC.CC.CCCCC/C=C(\C=O)CCCC.CCCCCC(C)=O.CCc1ncc(C)nc1C. The standard InChI is InChI=1S/C12H22O.C8H12N2.C7H14O.C6H10O.3C2H6/c1-3-5-7-8-10-12(11-13)9-6-4-2;1-4-8-7(3)10-6(2)5-9-8;1-3-4-5-6-7(2)8;1-4-6(7)5(2)3;3*1-2/h10-11H,3-9H2,1-2H3;5H,4H2,1-3H3;3-6H2,1-2H3;2,4H2,1,3H3;3*1-2H3/b12-10-;;;;;;. The number of aldehydes is 1. The number of aromatic nitrogens is 2. The lowest BCUT2D eigenvalue weighted by Gasteiger charge is -1.99. The maximum Gasteiger partial charge on any atom is 0.157 e. The molecule has 0 atom stereocenters. The number of nitrogens with zero attached hydrogens (tertiary/aromatic N) is 2. The molecule has 0 aliphatic heterocycles. The van der Waals surface area contributed by atoms with E-state index in [0.29, 0.717) is 17.8 Å². The zero-order valence-corrected chi connectivity index (χ0v) is 32.3. The molecule has 5 nitrogen and oxygen atoms in total. The summed E-state index contributed by atoms with van der Waals surface area (Å²) in [4.78, 5) is 39.9. The van der Waals surface area contributed by atoms with Crippen LogP contribution in [0, 0.1) is 13.8 Å². The van der Waals surface area contributed by atoms with Crippen LogP contribution in [-0.2, 0) is 20.8 Å². The van der Waals surface area contributed by atoms with E-state index in [2.05, 4.69) is 50.3 Å². The maximum atomic E-state index is 10.6. The molecule has 0 saturated carbocycles. The minimum absolute atomic E-state index is 0.153. The summed E-state index contributed by atoms with van der Waals surface area (Å²) in [6.07, 6.45) is 18.8. The summed E-state index contributed by atoms with van der Waals surface area (Å²) in [5.74, 6) is 0.471. The third-order valence-electron chi connectivity index (χ3n) is 5.62. The van der Waals surface area contributed by atoms with E-state index in [0.717, 1.165) is 67.5 Å². The predicted molar refractivity (Wildman–Crippen MR) is 198 cm³/mol. The Morgan fingerprint density at radius 3 is 1.61 bits per heavy atom. The van der Waals surface area contributed by atoms with Crippen molar-refractivity contribution >= 4 is 17.9 Å². The normalized spacial score (nSPS) is 9.11. The molecule has 0 amide bonds. The Bertz CT molecular complexity index is 799. The first-order valence-corrected chi connectivity index (χ1v) is 17.7. The molecular weight excluding hydrogens is 544 g/mol. The van der Waals surface area contributed by atoms with Crippen LogP contribution in [0.5, 0.6) is 0 Å². The van der Waals surface area contributed by atoms with Crippen molar-refractivity contribution in [3.05, 3.63) is 47.1 Å². The van der Waals surface area contributed by atoms with Crippen molar-refractivity contribution in [1.29, 1.82) is 0 Å². The second-order valence-corrected chi connectivity index (χ2v) is 9.61. The van der Waals surface area contributed by atoms with Gasteiger partial charge in [0, 0.05) is 19.0 Å². The topological polar surface area (TPSA) is 77.0 Å². The van der Waals surface area contributed by atoms with Crippen LogP contribution in [0.1, 0.15) is 184 Å². The Balaban J connectivity index is -0.000000105. The molecule has 0 N–H and O–H groups in total. The summed E-state index contributed by atoms with van der Waals surface area (Å²) in [5.41, 5.74) is 4.81.